The number of rotatable bonds is 4. The van der Waals surface area contributed by atoms with Crippen molar-refractivity contribution in [3.05, 3.63) is 35.4 Å². The average Bonchev–Trinajstić information content (AvgIpc) is 2.56. The normalized spacial score (nSPS) is 25.5. The summed E-state index contributed by atoms with van der Waals surface area (Å²) >= 11 is 0. The Bertz CT molecular complexity index is 454. The van der Waals surface area contributed by atoms with Crippen molar-refractivity contribution in [1.82, 2.24) is 10.2 Å². The van der Waals surface area contributed by atoms with Gasteiger partial charge in [-0.1, -0.05) is 51.0 Å². The Morgan fingerprint density at radius 2 is 1.86 bits per heavy atom. The number of nitrogens with zero attached hydrogens (tertiary/aromatic N) is 1. The summed E-state index contributed by atoms with van der Waals surface area (Å²) in [4.78, 5) is 2.71. The summed E-state index contributed by atoms with van der Waals surface area (Å²) in [6.45, 7) is 10.7. The van der Waals surface area contributed by atoms with Crippen molar-refractivity contribution in [2.75, 3.05) is 26.2 Å². The fourth-order valence-electron chi connectivity index (χ4n) is 4.23. The third kappa shape index (κ3) is 3.17. The minimum Gasteiger partial charge on any atom is -0.312 e. The van der Waals surface area contributed by atoms with Gasteiger partial charge in [-0.15, -0.1) is 0 Å². The van der Waals surface area contributed by atoms with Gasteiger partial charge >= 0.3 is 0 Å². The number of piperidine rings is 1. The monoisotopic (exact) mass is 286 g/mol. The fraction of sp³-hybridized carbons (Fsp3) is 0.684. The molecule has 1 saturated heterocycles. The molecule has 1 unspecified atom stereocenters. The minimum atomic E-state index is 0.638. The van der Waals surface area contributed by atoms with Crippen molar-refractivity contribution in [1.29, 1.82) is 0 Å². The molecule has 2 aliphatic rings. The zero-order valence-electron chi connectivity index (χ0n) is 13.7. The summed E-state index contributed by atoms with van der Waals surface area (Å²) in [6.07, 6.45) is 5.49. The standard InChI is InChI=1S/C19H30N2/c1-3-19(4-2)9-11-21(12-10-19)15-17-14-20-13-16-7-5-6-8-18(16)17/h5-8,17,20H,3-4,9-15H2,1-2H3. The van der Waals surface area contributed by atoms with Crippen molar-refractivity contribution in [3.8, 4) is 0 Å². The molecule has 1 fully saturated rings. The molecule has 2 aliphatic heterocycles. The molecule has 1 atom stereocenters. The summed E-state index contributed by atoms with van der Waals surface area (Å²) in [7, 11) is 0. The maximum atomic E-state index is 3.59. The van der Waals surface area contributed by atoms with Crippen LogP contribution in [0.25, 0.3) is 0 Å². The second-order valence-corrected chi connectivity index (χ2v) is 7.03. The van der Waals surface area contributed by atoms with Crippen molar-refractivity contribution in [3.63, 3.8) is 0 Å². The predicted octanol–water partition coefficient (Wildman–Crippen LogP) is 3.78. The van der Waals surface area contributed by atoms with Crippen LogP contribution in [-0.2, 0) is 6.54 Å². The Hall–Kier alpha value is -0.860. The predicted molar refractivity (Wildman–Crippen MR) is 89.6 cm³/mol. The first-order valence-corrected chi connectivity index (χ1v) is 8.77. The van der Waals surface area contributed by atoms with Crippen molar-refractivity contribution in [2.45, 2.75) is 52.0 Å². The fourth-order valence-corrected chi connectivity index (χ4v) is 4.23. The lowest BCUT2D eigenvalue weighted by atomic mass is 9.74. The summed E-state index contributed by atoms with van der Waals surface area (Å²) in [6, 6.07) is 8.99. The van der Waals surface area contributed by atoms with Gasteiger partial charge in [-0.05, 0) is 42.5 Å². The molecular formula is C19H30N2. The molecule has 2 nitrogen and oxygen atoms in total. The summed E-state index contributed by atoms with van der Waals surface area (Å²) in [5.74, 6) is 0.672. The van der Waals surface area contributed by atoms with Gasteiger partial charge in [0.1, 0.15) is 0 Å². The van der Waals surface area contributed by atoms with Crippen molar-refractivity contribution >= 4 is 0 Å². The SMILES string of the molecule is CCC1(CC)CCN(CC2CNCc3ccccc32)CC1. The van der Waals surface area contributed by atoms with Crippen LogP contribution < -0.4 is 5.32 Å². The van der Waals surface area contributed by atoms with Gasteiger partial charge in [0.05, 0.1) is 0 Å². The number of nitrogens with one attached hydrogen (secondary N) is 1. The molecule has 1 N–H and O–H groups in total. The van der Waals surface area contributed by atoms with Crippen molar-refractivity contribution in [2.24, 2.45) is 5.41 Å². The quantitative estimate of drug-likeness (QED) is 0.906. The first kappa shape index (κ1) is 15.1. The molecule has 0 bridgehead atoms. The van der Waals surface area contributed by atoms with Crippen LogP contribution in [0.15, 0.2) is 24.3 Å². The highest BCUT2D eigenvalue weighted by Gasteiger charge is 2.32. The number of hydrogen-bond acceptors (Lipinski definition) is 2. The van der Waals surface area contributed by atoms with Gasteiger partial charge in [0.25, 0.3) is 0 Å². The highest BCUT2D eigenvalue weighted by atomic mass is 15.1. The Balaban J connectivity index is 1.62. The van der Waals surface area contributed by atoms with E-state index in [2.05, 4.69) is 48.3 Å². The van der Waals surface area contributed by atoms with E-state index in [1.54, 1.807) is 5.56 Å². The number of hydrogen-bond donors (Lipinski definition) is 1. The number of likely N-dealkylation sites (tertiary alicyclic amines) is 1. The van der Waals surface area contributed by atoms with E-state index in [1.165, 1.54) is 50.9 Å². The lowest BCUT2D eigenvalue weighted by molar-refractivity contribution is 0.0904. The van der Waals surface area contributed by atoms with Crippen LogP contribution in [0.5, 0.6) is 0 Å². The zero-order valence-corrected chi connectivity index (χ0v) is 13.7. The molecule has 2 heteroatoms. The number of benzene rings is 1. The highest BCUT2D eigenvalue weighted by molar-refractivity contribution is 5.32. The first-order valence-electron chi connectivity index (χ1n) is 8.77. The molecule has 0 saturated carbocycles. The zero-order chi connectivity index (χ0) is 14.7. The maximum Gasteiger partial charge on any atom is 0.0208 e. The summed E-state index contributed by atoms with van der Waals surface area (Å²) in [5, 5.41) is 3.59. The average molecular weight is 286 g/mol. The second-order valence-electron chi connectivity index (χ2n) is 7.03. The molecule has 2 heterocycles. The van der Waals surface area contributed by atoms with Gasteiger partial charge < -0.3 is 10.2 Å². The van der Waals surface area contributed by atoms with E-state index in [4.69, 9.17) is 0 Å². The van der Waals surface area contributed by atoms with Gasteiger partial charge in [-0.25, -0.2) is 0 Å². The topological polar surface area (TPSA) is 15.3 Å². The Labute approximate surface area is 129 Å². The molecule has 0 aliphatic carbocycles. The summed E-state index contributed by atoms with van der Waals surface area (Å²) < 4.78 is 0. The highest BCUT2D eigenvalue weighted by Crippen LogP contribution is 2.38. The van der Waals surface area contributed by atoms with E-state index in [0.29, 0.717) is 11.3 Å². The van der Waals surface area contributed by atoms with Gasteiger partial charge in [0.2, 0.25) is 0 Å². The Morgan fingerprint density at radius 1 is 1.14 bits per heavy atom. The van der Waals surface area contributed by atoms with Crippen LogP contribution in [0.4, 0.5) is 0 Å². The van der Waals surface area contributed by atoms with Gasteiger partial charge in [-0.3, -0.25) is 0 Å². The van der Waals surface area contributed by atoms with Gasteiger partial charge in [-0.2, -0.15) is 0 Å². The molecular weight excluding hydrogens is 256 g/mol. The van der Waals surface area contributed by atoms with E-state index in [0.717, 1.165) is 13.1 Å². The lowest BCUT2D eigenvalue weighted by Gasteiger charge is -2.42. The molecule has 0 spiro atoms. The lowest BCUT2D eigenvalue weighted by Crippen LogP contribution is -2.43. The molecule has 1 aromatic carbocycles. The van der Waals surface area contributed by atoms with Gasteiger partial charge in [0.15, 0.2) is 0 Å². The Kier molecular flexibility index (Phi) is 4.66. The van der Waals surface area contributed by atoms with Crippen LogP contribution >= 0.6 is 0 Å². The van der Waals surface area contributed by atoms with Crippen LogP contribution in [-0.4, -0.2) is 31.1 Å². The third-order valence-electron chi connectivity index (χ3n) is 6.10. The third-order valence-corrected chi connectivity index (χ3v) is 6.10. The van der Waals surface area contributed by atoms with E-state index in [1.807, 2.05) is 0 Å². The van der Waals surface area contributed by atoms with E-state index < -0.39 is 0 Å². The molecule has 116 valence electrons. The summed E-state index contributed by atoms with van der Waals surface area (Å²) in [5.41, 5.74) is 3.72. The molecule has 0 radical (unpaired) electrons. The van der Waals surface area contributed by atoms with Crippen LogP contribution in [0.3, 0.4) is 0 Å². The smallest absolute Gasteiger partial charge is 0.0208 e. The second kappa shape index (κ2) is 6.50. The minimum absolute atomic E-state index is 0.638. The molecule has 0 aromatic heterocycles. The molecule has 0 amide bonds. The molecule has 1 aromatic rings. The van der Waals surface area contributed by atoms with E-state index in [9.17, 15) is 0 Å². The van der Waals surface area contributed by atoms with Crippen molar-refractivity contribution < 1.29 is 0 Å². The van der Waals surface area contributed by atoms with E-state index in [-0.39, 0.29) is 0 Å². The number of fused-ring (bicyclic) bond motifs is 1. The maximum absolute atomic E-state index is 3.59. The first-order chi connectivity index (χ1) is 10.3. The van der Waals surface area contributed by atoms with Crippen LogP contribution in [0, 0.1) is 5.41 Å². The molecule has 3 rings (SSSR count). The Morgan fingerprint density at radius 3 is 2.57 bits per heavy atom. The van der Waals surface area contributed by atoms with E-state index >= 15 is 0 Å². The largest absolute Gasteiger partial charge is 0.312 e. The molecule has 21 heavy (non-hydrogen) atoms. The van der Waals surface area contributed by atoms with Crippen LogP contribution in [0.2, 0.25) is 0 Å². The van der Waals surface area contributed by atoms with Gasteiger partial charge in [0, 0.05) is 25.6 Å². The van der Waals surface area contributed by atoms with Crippen LogP contribution in [0.1, 0.15) is 56.6 Å².